The Kier molecular flexibility index (Phi) is 5.39. The van der Waals surface area contributed by atoms with Gasteiger partial charge < -0.3 is 9.47 Å². The van der Waals surface area contributed by atoms with Crippen molar-refractivity contribution >= 4 is 60.4 Å². The summed E-state index contributed by atoms with van der Waals surface area (Å²) in [6.45, 7) is 0. The quantitative estimate of drug-likeness (QED) is 0.208. The van der Waals surface area contributed by atoms with E-state index in [1.165, 1.54) is 54.5 Å². The molecule has 0 saturated carbocycles. The van der Waals surface area contributed by atoms with E-state index in [0.717, 1.165) is 17.1 Å². The smallest absolute Gasteiger partial charge is 0.0575 e. The maximum atomic E-state index is 2.38. The largest absolute Gasteiger partial charge is 0.343 e. The summed E-state index contributed by atoms with van der Waals surface area (Å²) in [7, 11) is 2.20. The fourth-order valence-corrected chi connectivity index (χ4v) is 6.56. The van der Waals surface area contributed by atoms with Gasteiger partial charge in [-0.15, -0.1) is 0 Å². The van der Waals surface area contributed by atoms with Gasteiger partial charge >= 0.3 is 0 Å². The van der Waals surface area contributed by atoms with Crippen molar-refractivity contribution in [2.24, 2.45) is 7.05 Å². The van der Waals surface area contributed by atoms with E-state index in [0.29, 0.717) is 0 Å². The highest BCUT2D eigenvalue weighted by molar-refractivity contribution is 6.33. The number of anilines is 3. The first kappa shape index (κ1) is 23.5. The molecule has 0 aliphatic rings. The van der Waals surface area contributed by atoms with Gasteiger partial charge in [0.25, 0.3) is 0 Å². The Morgan fingerprint density at radius 2 is 0.927 bits per heavy atom. The fraction of sp³-hybridized carbons (Fsp3) is 0.0256. The summed E-state index contributed by atoms with van der Waals surface area (Å²) >= 11 is 0. The minimum Gasteiger partial charge on any atom is -0.343 e. The molecular weight excluding hydrogens is 496 g/mol. The molecule has 8 rings (SSSR count). The fourth-order valence-electron chi connectivity index (χ4n) is 6.56. The van der Waals surface area contributed by atoms with Crippen LogP contribution in [0.25, 0.3) is 54.5 Å². The number of hydrogen-bond acceptors (Lipinski definition) is 1. The average molecular weight is 525 g/mol. The zero-order valence-corrected chi connectivity index (χ0v) is 22.8. The van der Waals surface area contributed by atoms with Crippen molar-refractivity contribution < 1.29 is 0 Å². The summed E-state index contributed by atoms with van der Waals surface area (Å²) in [5, 5.41) is 7.83. The molecule has 0 spiro atoms. The molecule has 0 bridgehead atoms. The van der Waals surface area contributed by atoms with Gasteiger partial charge in [-0.3, -0.25) is 0 Å². The number of fused-ring (bicyclic) bond motifs is 8. The molecule has 0 radical (unpaired) electrons. The van der Waals surface area contributed by atoms with Gasteiger partial charge in [0.15, 0.2) is 0 Å². The van der Waals surface area contributed by atoms with Crippen molar-refractivity contribution in [1.82, 2.24) is 4.57 Å². The normalized spacial score (nSPS) is 11.5. The second-order valence-electron chi connectivity index (χ2n) is 10.6. The van der Waals surface area contributed by atoms with Crippen LogP contribution in [0.15, 0.2) is 152 Å². The van der Waals surface area contributed by atoms with E-state index < -0.39 is 0 Å². The molecule has 1 aromatic heterocycles. The van der Waals surface area contributed by atoms with Gasteiger partial charge in [-0.05, 0) is 69.8 Å². The monoisotopic (exact) mass is 524 g/mol. The van der Waals surface area contributed by atoms with Crippen LogP contribution >= 0.6 is 0 Å². The third-order valence-corrected chi connectivity index (χ3v) is 8.36. The number of para-hydroxylation sites is 2. The lowest BCUT2D eigenvalue weighted by Gasteiger charge is -2.25. The van der Waals surface area contributed by atoms with Crippen LogP contribution < -0.4 is 4.90 Å². The Bertz CT molecular complexity index is 2150. The van der Waals surface area contributed by atoms with Gasteiger partial charge in [-0.1, -0.05) is 109 Å². The van der Waals surface area contributed by atoms with E-state index in [-0.39, 0.29) is 0 Å². The number of rotatable bonds is 4. The molecule has 0 amide bonds. The number of aromatic nitrogens is 1. The third-order valence-electron chi connectivity index (χ3n) is 8.36. The molecule has 0 aliphatic heterocycles. The van der Waals surface area contributed by atoms with Crippen LogP contribution in [0.4, 0.5) is 17.1 Å². The molecule has 194 valence electrons. The predicted molar refractivity (Wildman–Crippen MR) is 176 cm³/mol. The molecule has 2 heteroatoms. The van der Waals surface area contributed by atoms with Crippen LogP contribution in [-0.2, 0) is 7.05 Å². The Morgan fingerprint density at radius 1 is 0.415 bits per heavy atom. The number of aryl methyl sites for hydroxylation is 1. The lowest BCUT2D eigenvalue weighted by atomic mass is 9.93. The van der Waals surface area contributed by atoms with Gasteiger partial charge in [0.1, 0.15) is 0 Å². The van der Waals surface area contributed by atoms with Crippen molar-refractivity contribution in [3.63, 3.8) is 0 Å². The van der Waals surface area contributed by atoms with E-state index >= 15 is 0 Å². The summed E-state index contributed by atoms with van der Waals surface area (Å²) in [5.74, 6) is 0. The molecule has 41 heavy (non-hydrogen) atoms. The topological polar surface area (TPSA) is 8.17 Å². The van der Waals surface area contributed by atoms with Crippen molar-refractivity contribution in [3.05, 3.63) is 152 Å². The molecule has 0 fully saturated rings. The van der Waals surface area contributed by atoms with Crippen molar-refractivity contribution in [2.45, 2.75) is 0 Å². The second-order valence-corrected chi connectivity index (χ2v) is 10.6. The van der Waals surface area contributed by atoms with Crippen LogP contribution in [0.5, 0.6) is 0 Å². The Labute approximate surface area is 239 Å². The second kappa shape index (κ2) is 9.39. The van der Waals surface area contributed by atoms with E-state index in [9.17, 15) is 0 Å². The lowest BCUT2D eigenvalue weighted by Crippen LogP contribution is -2.09. The maximum Gasteiger partial charge on any atom is 0.0575 e. The van der Waals surface area contributed by atoms with E-state index in [1.807, 2.05) is 0 Å². The SMILES string of the molecule is Cn1c2cccc(-c3ccc(N(c4ccccc4)c4ccccc4)cc3)c2c2c3ccccc3c3ccccc3c21. The average Bonchev–Trinajstić information content (AvgIpc) is 3.35. The first-order valence-electron chi connectivity index (χ1n) is 14.1. The molecule has 8 aromatic rings. The molecule has 1 heterocycles. The van der Waals surface area contributed by atoms with Gasteiger partial charge in [-0.2, -0.15) is 0 Å². The summed E-state index contributed by atoms with van der Waals surface area (Å²) in [4.78, 5) is 2.31. The van der Waals surface area contributed by atoms with Gasteiger partial charge in [-0.25, -0.2) is 0 Å². The highest BCUT2D eigenvalue weighted by Gasteiger charge is 2.19. The first-order valence-corrected chi connectivity index (χ1v) is 14.1. The van der Waals surface area contributed by atoms with E-state index in [4.69, 9.17) is 0 Å². The molecule has 7 aromatic carbocycles. The molecule has 0 saturated heterocycles. The van der Waals surface area contributed by atoms with Gasteiger partial charge in [0.05, 0.1) is 5.52 Å². The van der Waals surface area contributed by atoms with Crippen LogP contribution in [0.3, 0.4) is 0 Å². The zero-order valence-electron chi connectivity index (χ0n) is 22.8. The number of benzene rings is 7. The third kappa shape index (κ3) is 3.65. The Hall–Kier alpha value is -5.34. The van der Waals surface area contributed by atoms with Crippen LogP contribution in [0, 0.1) is 0 Å². The minimum atomic E-state index is 1.13. The number of nitrogens with zero attached hydrogens (tertiary/aromatic N) is 2. The predicted octanol–water partition coefficient (Wildman–Crippen LogP) is 10.8. The molecule has 0 atom stereocenters. The van der Waals surface area contributed by atoms with Crippen LogP contribution in [0.1, 0.15) is 0 Å². The van der Waals surface area contributed by atoms with E-state index in [1.54, 1.807) is 0 Å². The van der Waals surface area contributed by atoms with Crippen LogP contribution in [-0.4, -0.2) is 4.57 Å². The highest BCUT2D eigenvalue weighted by atomic mass is 15.1. The molecule has 2 nitrogen and oxygen atoms in total. The summed E-state index contributed by atoms with van der Waals surface area (Å²) in [5.41, 5.74) is 8.42. The molecule has 0 aliphatic carbocycles. The summed E-state index contributed by atoms with van der Waals surface area (Å²) < 4.78 is 2.38. The van der Waals surface area contributed by atoms with Crippen LogP contribution in [0.2, 0.25) is 0 Å². The van der Waals surface area contributed by atoms with Crippen molar-refractivity contribution in [3.8, 4) is 11.1 Å². The summed E-state index contributed by atoms with van der Waals surface area (Å²) in [6, 6.07) is 54.5. The van der Waals surface area contributed by atoms with Crippen molar-refractivity contribution in [1.29, 1.82) is 0 Å². The highest BCUT2D eigenvalue weighted by Crippen LogP contribution is 2.44. The van der Waals surface area contributed by atoms with E-state index in [2.05, 4.69) is 168 Å². The zero-order chi connectivity index (χ0) is 27.3. The Balaban J connectivity index is 1.37. The standard InChI is InChI=1S/C39H28N2/c1-40-36-22-12-21-31(37(36)38-34-19-10-8-17-32(34)33-18-9-11-20-35(33)39(38)40)27-23-25-30(26-24-27)41(28-13-4-2-5-14-28)29-15-6-3-7-16-29/h2-26H,1H3. The first-order chi connectivity index (χ1) is 20.3. The molecule has 0 N–H and O–H groups in total. The Morgan fingerprint density at radius 3 is 1.56 bits per heavy atom. The molecular formula is C39H28N2. The maximum absolute atomic E-state index is 2.38. The van der Waals surface area contributed by atoms with Crippen molar-refractivity contribution in [2.75, 3.05) is 4.90 Å². The van der Waals surface area contributed by atoms with Gasteiger partial charge in [0, 0.05) is 45.8 Å². The summed E-state index contributed by atoms with van der Waals surface area (Å²) in [6.07, 6.45) is 0. The lowest BCUT2D eigenvalue weighted by molar-refractivity contribution is 1.02. The molecule has 0 unspecified atom stereocenters. The minimum absolute atomic E-state index is 1.13. The van der Waals surface area contributed by atoms with Gasteiger partial charge in [0.2, 0.25) is 0 Å². The number of hydrogen-bond donors (Lipinski definition) is 0.